The predicted molar refractivity (Wildman–Crippen MR) is 62.4 cm³/mol. The summed E-state index contributed by atoms with van der Waals surface area (Å²) in [5.41, 5.74) is 5.81. The van der Waals surface area contributed by atoms with E-state index in [9.17, 15) is 4.79 Å². The molecule has 1 amide bonds. The average molecular weight is 212 g/mol. The Morgan fingerprint density at radius 1 is 1.47 bits per heavy atom. The van der Waals surface area contributed by atoms with Gasteiger partial charge in [-0.2, -0.15) is 0 Å². The van der Waals surface area contributed by atoms with E-state index in [0.29, 0.717) is 12.5 Å². The van der Waals surface area contributed by atoms with Gasteiger partial charge in [-0.3, -0.25) is 4.79 Å². The first-order chi connectivity index (χ1) is 7.17. The van der Waals surface area contributed by atoms with Gasteiger partial charge in [-0.1, -0.05) is 26.7 Å². The highest BCUT2D eigenvalue weighted by Gasteiger charge is 2.37. The lowest BCUT2D eigenvalue weighted by atomic mass is 10.1. The van der Waals surface area contributed by atoms with Crippen molar-refractivity contribution in [3.05, 3.63) is 0 Å². The lowest BCUT2D eigenvalue weighted by Gasteiger charge is -2.10. The van der Waals surface area contributed by atoms with E-state index < -0.39 is 0 Å². The number of amides is 1. The molecule has 3 atom stereocenters. The first-order valence-corrected chi connectivity index (χ1v) is 6.22. The van der Waals surface area contributed by atoms with Crippen LogP contribution < -0.4 is 11.1 Å². The van der Waals surface area contributed by atoms with Crippen LogP contribution in [-0.4, -0.2) is 18.0 Å². The van der Waals surface area contributed by atoms with Crippen LogP contribution in [0, 0.1) is 5.92 Å². The zero-order chi connectivity index (χ0) is 11.3. The highest BCUT2D eigenvalue weighted by molar-refractivity contribution is 5.77. The highest BCUT2D eigenvalue weighted by atomic mass is 16.1. The third kappa shape index (κ3) is 4.65. The molecule has 0 saturated heterocycles. The van der Waals surface area contributed by atoms with E-state index in [1.807, 2.05) is 0 Å². The third-order valence-electron chi connectivity index (χ3n) is 3.04. The maximum Gasteiger partial charge on any atom is 0.221 e. The zero-order valence-electron chi connectivity index (χ0n) is 9.96. The SMILES string of the molecule is CCCC(N)CC(=O)NC1CC1CCC. The monoisotopic (exact) mass is 212 g/mol. The van der Waals surface area contributed by atoms with E-state index in [1.54, 1.807) is 0 Å². The van der Waals surface area contributed by atoms with Gasteiger partial charge in [-0.05, 0) is 25.2 Å². The molecule has 88 valence electrons. The van der Waals surface area contributed by atoms with Crippen LogP contribution in [0.4, 0.5) is 0 Å². The summed E-state index contributed by atoms with van der Waals surface area (Å²) >= 11 is 0. The Kier molecular flexibility index (Phi) is 5.09. The maximum atomic E-state index is 11.5. The minimum atomic E-state index is 0.0402. The Labute approximate surface area is 92.8 Å². The van der Waals surface area contributed by atoms with Gasteiger partial charge in [0.15, 0.2) is 0 Å². The second-order valence-corrected chi connectivity index (χ2v) is 4.71. The number of nitrogens with one attached hydrogen (secondary N) is 1. The van der Waals surface area contributed by atoms with E-state index >= 15 is 0 Å². The normalized spacial score (nSPS) is 26.1. The molecule has 3 unspecified atom stereocenters. The van der Waals surface area contributed by atoms with Gasteiger partial charge in [0.1, 0.15) is 0 Å². The van der Waals surface area contributed by atoms with Crippen molar-refractivity contribution in [1.29, 1.82) is 0 Å². The van der Waals surface area contributed by atoms with Crippen molar-refractivity contribution in [2.24, 2.45) is 11.7 Å². The summed E-state index contributed by atoms with van der Waals surface area (Å²) < 4.78 is 0. The molecule has 0 aliphatic heterocycles. The fourth-order valence-electron chi connectivity index (χ4n) is 2.09. The molecule has 3 heteroatoms. The number of carbonyl (C=O) groups is 1. The van der Waals surface area contributed by atoms with Crippen LogP contribution in [-0.2, 0) is 4.79 Å². The fourth-order valence-corrected chi connectivity index (χ4v) is 2.09. The van der Waals surface area contributed by atoms with Crippen molar-refractivity contribution in [3.63, 3.8) is 0 Å². The number of nitrogens with two attached hydrogens (primary N) is 1. The Bertz CT molecular complexity index is 206. The molecule has 1 fully saturated rings. The van der Waals surface area contributed by atoms with Gasteiger partial charge in [0.2, 0.25) is 5.91 Å². The van der Waals surface area contributed by atoms with Crippen molar-refractivity contribution >= 4 is 5.91 Å². The van der Waals surface area contributed by atoms with Crippen molar-refractivity contribution in [2.75, 3.05) is 0 Å². The van der Waals surface area contributed by atoms with Crippen LogP contribution in [0.3, 0.4) is 0 Å². The highest BCUT2D eigenvalue weighted by Crippen LogP contribution is 2.34. The van der Waals surface area contributed by atoms with Crippen LogP contribution in [0.5, 0.6) is 0 Å². The molecule has 0 aromatic rings. The second-order valence-electron chi connectivity index (χ2n) is 4.71. The minimum Gasteiger partial charge on any atom is -0.353 e. The molecule has 1 aliphatic carbocycles. The number of hydrogen-bond acceptors (Lipinski definition) is 2. The van der Waals surface area contributed by atoms with Crippen LogP contribution >= 0.6 is 0 Å². The van der Waals surface area contributed by atoms with Gasteiger partial charge in [-0.15, -0.1) is 0 Å². The topological polar surface area (TPSA) is 55.1 Å². The summed E-state index contributed by atoms with van der Waals surface area (Å²) in [6.07, 6.45) is 6.11. The molecule has 0 heterocycles. The number of rotatable bonds is 7. The largest absolute Gasteiger partial charge is 0.353 e. The smallest absolute Gasteiger partial charge is 0.221 e. The van der Waals surface area contributed by atoms with E-state index in [0.717, 1.165) is 18.8 Å². The lowest BCUT2D eigenvalue weighted by molar-refractivity contribution is -0.121. The molecular formula is C12H24N2O. The van der Waals surface area contributed by atoms with Gasteiger partial charge < -0.3 is 11.1 Å². The molecule has 1 rings (SSSR count). The van der Waals surface area contributed by atoms with Crippen LogP contribution in [0.1, 0.15) is 52.4 Å². The molecule has 1 saturated carbocycles. The number of hydrogen-bond donors (Lipinski definition) is 2. The molecule has 0 aromatic heterocycles. The molecule has 3 nitrogen and oxygen atoms in total. The van der Waals surface area contributed by atoms with Crippen LogP contribution in [0.2, 0.25) is 0 Å². The third-order valence-corrected chi connectivity index (χ3v) is 3.04. The van der Waals surface area contributed by atoms with Gasteiger partial charge in [0, 0.05) is 18.5 Å². The standard InChI is InChI=1S/C12H24N2O/c1-3-5-9-7-11(9)14-12(15)8-10(13)6-4-2/h9-11H,3-8,13H2,1-2H3,(H,14,15). The Morgan fingerprint density at radius 3 is 2.80 bits per heavy atom. The Hall–Kier alpha value is -0.570. The van der Waals surface area contributed by atoms with Gasteiger partial charge in [0.25, 0.3) is 0 Å². The summed E-state index contributed by atoms with van der Waals surface area (Å²) in [7, 11) is 0. The summed E-state index contributed by atoms with van der Waals surface area (Å²) in [5, 5.41) is 3.06. The minimum absolute atomic E-state index is 0.0402. The molecule has 15 heavy (non-hydrogen) atoms. The van der Waals surface area contributed by atoms with E-state index in [4.69, 9.17) is 5.73 Å². The lowest BCUT2D eigenvalue weighted by Crippen LogP contribution is -2.33. The van der Waals surface area contributed by atoms with Crippen molar-refractivity contribution in [2.45, 2.75) is 64.5 Å². The summed E-state index contributed by atoms with van der Waals surface area (Å²) in [5.74, 6) is 0.876. The van der Waals surface area contributed by atoms with Gasteiger partial charge in [0.05, 0.1) is 0 Å². The second kappa shape index (κ2) is 6.11. The van der Waals surface area contributed by atoms with Crippen molar-refractivity contribution in [1.82, 2.24) is 5.32 Å². The Balaban J connectivity index is 2.09. The molecule has 0 spiro atoms. The fraction of sp³-hybridized carbons (Fsp3) is 0.917. The quantitative estimate of drug-likeness (QED) is 0.676. The predicted octanol–water partition coefficient (Wildman–Crippen LogP) is 1.81. The summed E-state index contributed by atoms with van der Waals surface area (Å²) in [6, 6.07) is 0.490. The molecule has 0 aromatic carbocycles. The first-order valence-electron chi connectivity index (χ1n) is 6.22. The van der Waals surface area contributed by atoms with Gasteiger partial charge in [-0.25, -0.2) is 0 Å². The molecule has 0 bridgehead atoms. The Morgan fingerprint density at radius 2 is 2.20 bits per heavy atom. The average Bonchev–Trinajstić information content (AvgIpc) is 2.84. The zero-order valence-corrected chi connectivity index (χ0v) is 9.96. The molecule has 3 N–H and O–H groups in total. The first kappa shape index (κ1) is 12.5. The number of carbonyl (C=O) groups excluding carboxylic acids is 1. The van der Waals surface area contributed by atoms with E-state index in [2.05, 4.69) is 19.2 Å². The van der Waals surface area contributed by atoms with Crippen LogP contribution in [0.15, 0.2) is 0 Å². The maximum absolute atomic E-state index is 11.5. The van der Waals surface area contributed by atoms with Gasteiger partial charge >= 0.3 is 0 Å². The molecule has 1 aliphatic rings. The van der Waals surface area contributed by atoms with E-state index in [1.165, 1.54) is 19.3 Å². The summed E-state index contributed by atoms with van der Waals surface area (Å²) in [6.45, 7) is 4.28. The van der Waals surface area contributed by atoms with E-state index in [-0.39, 0.29) is 11.9 Å². The van der Waals surface area contributed by atoms with Crippen molar-refractivity contribution < 1.29 is 4.79 Å². The summed E-state index contributed by atoms with van der Waals surface area (Å²) in [4.78, 5) is 11.5. The van der Waals surface area contributed by atoms with Crippen molar-refractivity contribution in [3.8, 4) is 0 Å². The van der Waals surface area contributed by atoms with Crippen LogP contribution in [0.25, 0.3) is 0 Å². The molecule has 0 radical (unpaired) electrons. The molecular weight excluding hydrogens is 188 g/mol.